The van der Waals surface area contributed by atoms with E-state index in [1.165, 1.54) is 26.6 Å². The van der Waals surface area contributed by atoms with E-state index in [2.05, 4.69) is 82.3 Å². The first kappa shape index (κ1) is 23.6. The number of hydrogen-bond acceptors (Lipinski definition) is 3. The number of anilines is 1. The first-order valence-electron chi connectivity index (χ1n) is 11.7. The maximum Gasteiger partial charge on any atom is 0.333 e. The topological polar surface area (TPSA) is 46.9 Å². The maximum atomic E-state index is 6.22. The number of rotatable bonds is 10. The van der Waals surface area contributed by atoms with Crippen LogP contribution >= 0.6 is 0 Å². The first-order chi connectivity index (χ1) is 14.8. The fraction of sp³-hybridized carbons (Fsp3) is 0.600. The van der Waals surface area contributed by atoms with E-state index in [1.807, 2.05) is 0 Å². The number of aromatic nitrogens is 2. The minimum absolute atomic E-state index is 0.164. The zero-order chi connectivity index (χ0) is 22.4. The highest BCUT2D eigenvalue weighted by Gasteiger charge is 2.36. The summed E-state index contributed by atoms with van der Waals surface area (Å²) in [6.45, 7) is 9.19. The third-order valence-corrected chi connectivity index (χ3v) is 5.87. The minimum atomic E-state index is -0.164. The van der Waals surface area contributed by atoms with E-state index in [0.29, 0.717) is 6.61 Å². The molecule has 0 amide bonds. The highest BCUT2D eigenvalue weighted by Crippen LogP contribution is 2.31. The molecular formula is C25H42N5O+3. The third-order valence-electron chi connectivity index (χ3n) is 5.87. The van der Waals surface area contributed by atoms with Crippen molar-refractivity contribution >= 4 is 5.82 Å². The molecule has 0 radical (unpaired) electrons. The van der Waals surface area contributed by atoms with Gasteiger partial charge in [-0.1, -0.05) is 18.2 Å². The molecule has 0 spiro atoms. The number of quaternary nitrogens is 2. The molecule has 2 aromatic rings. The summed E-state index contributed by atoms with van der Waals surface area (Å²) in [4.78, 5) is 8.13. The molecule has 0 atom stereocenters. The number of nitrogens with zero attached hydrogens (tertiary/aromatic N) is 2. The molecule has 1 aliphatic rings. The summed E-state index contributed by atoms with van der Waals surface area (Å²) in [5, 5.41) is 3.65. The predicted molar refractivity (Wildman–Crippen MR) is 126 cm³/mol. The standard InChI is InChI=1S/C25H39N5O/c1-25(2)18-22-21(19-31-25)23(26-14-10-15-28(3)4)27-24(20-12-8-7-9-13-20)30(22)17-11-16-29(5)6/h7-9,12-13H,10-11,14-19H2,1-6H3/p+3. The van der Waals surface area contributed by atoms with Crippen LogP contribution in [0.15, 0.2) is 30.3 Å². The molecule has 6 heteroatoms. The van der Waals surface area contributed by atoms with Crippen LogP contribution in [-0.4, -0.2) is 58.4 Å². The van der Waals surface area contributed by atoms with Crippen LogP contribution in [0.3, 0.4) is 0 Å². The molecule has 2 heterocycles. The highest BCUT2D eigenvalue weighted by molar-refractivity contribution is 5.57. The van der Waals surface area contributed by atoms with Crippen LogP contribution in [0.4, 0.5) is 5.82 Å². The summed E-state index contributed by atoms with van der Waals surface area (Å²) in [6.07, 6.45) is 3.14. The lowest BCUT2D eigenvalue weighted by Gasteiger charge is -2.32. The molecular weight excluding hydrogens is 386 g/mol. The van der Waals surface area contributed by atoms with Gasteiger partial charge in [-0.3, -0.25) is 0 Å². The van der Waals surface area contributed by atoms with Crippen molar-refractivity contribution < 1.29 is 19.1 Å². The van der Waals surface area contributed by atoms with Gasteiger partial charge in [0.25, 0.3) is 5.82 Å². The van der Waals surface area contributed by atoms with Gasteiger partial charge in [0.15, 0.2) is 0 Å². The summed E-state index contributed by atoms with van der Waals surface area (Å²) in [5.74, 6) is 2.05. The smallest absolute Gasteiger partial charge is 0.333 e. The zero-order valence-corrected chi connectivity index (χ0v) is 20.3. The molecule has 3 rings (SSSR count). The molecule has 0 saturated heterocycles. The van der Waals surface area contributed by atoms with Gasteiger partial charge in [-0.05, 0) is 31.0 Å². The maximum absolute atomic E-state index is 6.22. The number of hydrogen-bond donors (Lipinski definition) is 3. The van der Waals surface area contributed by atoms with Crippen molar-refractivity contribution in [3.63, 3.8) is 0 Å². The van der Waals surface area contributed by atoms with Crippen molar-refractivity contribution in [1.29, 1.82) is 0 Å². The van der Waals surface area contributed by atoms with Gasteiger partial charge in [-0.2, -0.15) is 0 Å². The van der Waals surface area contributed by atoms with Gasteiger partial charge in [0.05, 0.1) is 71.2 Å². The van der Waals surface area contributed by atoms with E-state index >= 15 is 0 Å². The average molecular weight is 429 g/mol. The van der Waals surface area contributed by atoms with Crippen molar-refractivity contribution in [2.45, 2.75) is 51.9 Å². The second-order valence-electron chi connectivity index (χ2n) is 10.0. The Labute approximate surface area is 188 Å². The molecule has 0 fully saturated rings. The normalized spacial score (nSPS) is 15.4. The summed E-state index contributed by atoms with van der Waals surface area (Å²) in [5.41, 5.74) is 3.61. The molecule has 0 bridgehead atoms. The Morgan fingerprint density at radius 3 is 2.39 bits per heavy atom. The van der Waals surface area contributed by atoms with Gasteiger partial charge in [0.2, 0.25) is 0 Å². The van der Waals surface area contributed by atoms with Gasteiger partial charge in [0, 0.05) is 25.8 Å². The molecule has 31 heavy (non-hydrogen) atoms. The first-order valence-corrected chi connectivity index (χ1v) is 11.7. The van der Waals surface area contributed by atoms with Crippen LogP contribution in [0.25, 0.3) is 11.4 Å². The van der Waals surface area contributed by atoms with Crippen molar-refractivity contribution in [1.82, 2.24) is 4.98 Å². The Kier molecular flexibility index (Phi) is 8.03. The van der Waals surface area contributed by atoms with Crippen LogP contribution in [0, 0.1) is 0 Å². The van der Waals surface area contributed by atoms with E-state index < -0.39 is 0 Å². The minimum Gasteiger partial charge on any atom is -0.370 e. The van der Waals surface area contributed by atoms with E-state index in [1.54, 1.807) is 0 Å². The molecule has 0 aliphatic carbocycles. The summed E-state index contributed by atoms with van der Waals surface area (Å²) in [7, 11) is 8.83. The van der Waals surface area contributed by atoms with Crippen molar-refractivity contribution in [2.24, 2.45) is 0 Å². The molecule has 1 aromatic carbocycles. The molecule has 1 aromatic heterocycles. The highest BCUT2D eigenvalue weighted by atomic mass is 16.5. The summed E-state index contributed by atoms with van der Waals surface area (Å²) < 4.78 is 8.68. The van der Waals surface area contributed by atoms with Gasteiger partial charge >= 0.3 is 5.82 Å². The summed E-state index contributed by atoms with van der Waals surface area (Å²) in [6, 6.07) is 10.6. The van der Waals surface area contributed by atoms with Crippen LogP contribution in [0.1, 0.15) is 37.9 Å². The fourth-order valence-electron chi connectivity index (χ4n) is 4.17. The Bertz CT molecular complexity index is 849. The largest absolute Gasteiger partial charge is 0.370 e. The van der Waals surface area contributed by atoms with Crippen molar-refractivity contribution in [3.05, 3.63) is 41.6 Å². The Balaban J connectivity index is 2.02. The van der Waals surface area contributed by atoms with E-state index in [0.717, 1.165) is 57.1 Å². The molecule has 1 aliphatic heterocycles. The molecule has 6 nitrogen and oxygen atoms in total. The fourth-order valence-corrected chi connectivity index (χ4v) is 4.17. The van der Waals surface area contributed by atoms with E-state index in [4.69, 9.17) is 9.72 Å². The number of fused-ring (bicyclic) bond motifs is 1. The van der Waals surface area contributed by atoms with Gasteiger partial charge in [0.1, 0.15) is 5.69 Å². The average Bonchev–Trinajstić information content (AvgIpc) is 2.71. The van der Waals surface area contributed by atoms with Crippen LogP contribution in [-0.2, 0) is 24.3 Å². The second kappa shape index (κ2) is 10.5. The second-order valence-corrected chi connectivity index (χ2v) is 10.0. The quantitative estimate of drug-likeness (QED) is 0.379. The van der Waals surface area contributed by atoms with Crippen LogP contribution < -0.4 is 19.7 Å². The number of benzene rings is 1. The third kappa shape index (κ3) is 6.48. The lowest BCUT2D eigenvalue weighted by Crippen LogP contribution is -3.05. The van der Waals surface area contributed by atoms with Crippen molar-refractivity contribution in [3.8, 4) is 11.4 Å². The van der Waals surface area contributed by atoms with E-state index in [-0.39, 0.29) is 5.60 Å². The summed E-state index contributed by atoms with van der Waals surface area (Å²) >= 11 is 0. The molecule has 170 valence electrons. The monoisotopic (exact) mass is 428 g/mol. The number of ether oxygens (including phenoxy) is 1. The zero-order valence-electron chi connectivity index (χ0n) is 20.3. The van der Waals surface area contributed by atoms with Gasteiger partial charge in [-0.25, -0.2) is 4.57 Å². The Morgan fingerprint density at radius 2 is 1.71 bits per heavy atom. The molecule has 3 N–H and O–H groups in total. The lowest BCUT2D eigenvalue weighted by molar-refractivity contribution is -0.861. The van der Waals surface area contributed by atoms with Crippen LogP contribution in [0.5, 0.6) is 0 Å². The van der Waals surface area contributed by atoms with Crippen molar-refractivity contribution in [2.75, 3.05) is 53.1 Å². The molecule has 0 saturated carbocycles. The van der Waals surface area contributed by atoms with Gasteiger partial charge in [-0.15, -0.1) is 0 Å². The Hall–Kier alpha value is -2.02. The van der Waals surface area contributed by atoms with Crippen LogP contribution in [0.2, 0.25) is 0 Å². The predicted octanol–water partition coefficient (Wildman–Crippen LogP) is 0.369. The van der Waals surface area contributed by atoms with E-state index in [9.17, 15) is 0 Å². The lowest BCUT2D eigenvalue weighted by atomic mass is 9.95. The number of nitrogens with one attached hydrogen (secondary N) is 3. The molecule has 0 unspecified atom stereocenters. The SMILES string of the molecule is C[NH+](C)CCCNc1nc(-c2ccccc2)[n+](CCC[NH+](C)C)c2c1COC(C)(C)C2. The van der Waals surface area contributed by atoms with Gasteiger partial charge < -0.3 is 19.9 Å². The Morgan fingerprint density at radius 1 is 1.03 bits per heavy atom.